The smallest absolute Gasteiger partial charge is 0.285 e. The molecule has 26 heavy (non-hydrogen) atoms. The molecule has 0 aromatic heterocycles. The molecule has 0 spiro atoms. The third kappa shape index (κ3) is 4.12. The Balaban J connectivity index is 1.79. The number of carbonyl (C=O) groups excluding carboxylic acids is 1. The number of aryl methyl sites for hydroxylation is 1. The number of amides is 1. The first-order chi connectivity index (χ1) is 12.3. The lowest BCUT2D eigenvalue weighted by atomic mass is 9.66. The van der Waals surface area contributed by atoms with E-state index in [-0.39, 0.29) is 11.4 Å². The lowest BCUT2D eigenvalue weighted by Gasteiger charge is -2.47. The Morgan fingerprint density at radius 3 is 2.23 bits per heavy atom. The molecule has 0 bridgehead atoms. The molecule has 1 amide bonds. The monoisotopic (exact) mass is 359 g/mol. The number of morpholine rings is 1. The van der Waals surface area contributed by atoms with Gasteiger partial charge >= 0.3 is 0 Å². The van der Waals surface area contributed by atoms with Crippen molar-refractivity contribution in [3.05, 3.63) is 29.8 Å². The summed E-state index contributed by atoms with van der Waals surface area (Å²) >= 11 is 0. The molecular formula is C22H35N2O2+. The van der Waals surface area contributed by atoms with E-state index in [0.29, 0.717) is 11.3 Å². The van der Waals surface area contributed by atoms with Gasteiger partial charge in [0.1, 0.15) is 13.1 Å². The predicted molar refractivity (Wildman–Crippen MR) is 105 cm³/mol. The fourth-order valence-electron chi connectivity index (χ4n) is 4.70. The lowest BCUT2D eigenvalue weighted by Crippen LogP contribution is -3.23. The van der Waals surface area contributed by atoms with Crippen molar-refractivity contribution in [2.45, 2.75) is 58.9 Å². The molecule has 1 saturated heterocycles. The van der Waals surface area contributed by atoms with E-state index >= 15 is 0 Å². The highest BCUT2D eigenvalue weighted by molar-refractivity contribution is 5.97. The number of nitrogens with one attached hydrogen (secondary N) is 2. The van der Waals surface area contributed by atoms with Crippen molar-refractivity contribution in [2.75, 3.05) is 31.6 Å². The third-order valence-corrected chi connectivity index (χ3v) is 6.58. The second kappa shape index (κ2) is 7.69. The predicted octanol–water partition coefficient (Wildman–Crippen LogP) is 2.82. The Hall–Kier alpha value is -1.39. The summed E-state index contributed by atoms with van der Waals surface area (Å²) in [5.74, 6) is 0.897. The van der Waals surface area contributed by atoms with E-state index in [1.807, 2.05) is 12.1 Å². The molecule has 2 N–H and O–H groups in total. The first kappa shape index (κ1) is 19.4. The van der Waals surface area contributed by atoms with Crippen LogP contribution in [0.15, 0.2) is 24.3 Å². The van der Waals surface area contributed by atoms with Crippen LogP contribution in [0.2, 0.25) is 0 Å². The second-order valence-electron chi connectivity index (χ2n) is 9.26. The van der Waals surface area contributed by atoms with Crippen molar-refractivity contribution in [2.24, 2.45) is 11.3 Å². The van der Waals surface area contributed by atoms with E-state index in [1.165, 1.54) is 10.5 Å². The standard InChI is InChI=1S/C22H34N2O2/c1-17-5-7-19(8-6-17)23-20(25)22(24-13-15-26-16-14-24)11-9-18(10-12-22)21(2,3)4/h5-8,18H,9-16H2,1-4H3,(H,23,25)/p+1. The topological polar surface area (TPSA) is 42.8 Å². The van der Waals surface area contributed by atoms with Crippen LogP contribution in [0.25, 0.3) is 0 Å². The summed E-state index contributed by atoms with van der Waals surface area (Å²) in [6, 6.07) is 8.13. The molecule has 1 aromatic carbocycles. The van der Waals surface area contributed by atoms with Crippen molar-refractivity contribution in [3.8, 4) is 0 Å². The molecule has 1 saturated carbocycles. The molecule has 0 atom stereocenters. The number of benzene rings is 1. The summed E-state index contributed by atoms with van der Waals surface area (Å²) in [5, 5.41) is 3.23. The lowest BCUT2D eigenvalue weighted by molar-refractivity contribution is -0.950. The van der Waals surface area contributed by atoms with E-state index < -0.39 is 0 Å². The van der Waals surface area contributed by atoms with Gasteiger partial charge in [0.15, 0.2) is 5.54 Å². The summed E-state index contributed by atoms with van der Waals surface area (Å²) < 4.78 is 5.57. The minimum Gasteiger partial charge on any atom is -0.370 e. The maximum Gasteiger partial charge on any atom is 0.285 e. The highest BCUT2D eigenvalue weighted by atomic mass is 16.5. The molecule has 4 nitrogen and oxygen atoms in total. The van der Waals surface area contributed by atoms with Crippen LogP contribution in [0, 0.1) is 18.3 Å². The van der Waals surface area contributed by atoms with Gasteiger partial charge in [-0.3, -0.25) is 4.79 Å². The number of ether oxygens (including phenoxy) is 1. The van der Waals surface area contributed by atoms with Crippen LogP contribution in [-0.4, -0.2) is 37.7 Å². The molecule has 144 valence electrons. The Bertz CT molecular complexity index is 604. The fraction of sp³-hybridized carbons (Fsp3) is 0.682. The molecule has 1 aromatic rings. The zero-order valence-electron chi connectivity index (χ0n) is 16.9. The van der Waals surface area contributed by atoms with E-state index in [2.05, 4.69) is 45.1 Å². The van der Waals surface area contributed by atoms with Crippen LogP contribution < -0.4 is 10.2 Å². The van der Waals surface area contributed by atoms with Crippen molar-refractivity contribution >= 4 is 11.6 Å². The van der Waals surface area contributed by atoms with Crippen LogP contribution in [0.1, 0.15) is 52.0 Å². The fourth-order valence-corrected chi connectivity index (χ4v) is 4.70. The average Bonchev–Trinajstić information content (AvgIpc) is 2.63. The van der Waals surface area contributed by atoms with Crippen LogP contribution in [0.4, 0.5) is 5.69 Å². The molecule has 2 aliphatic rings. The third-order valence-electron chi connectivity index (χ3n) is 6.58. The van der Waals surface area contributed by atoms with Crippen molar-refractivity contribution < 1.29 is 14.4 Å². The average molecular weight is 360 g/mol. The van der Waals surface area contributed by atoms with E-state index in [9.17, 15) is 4.79 Å². The Kier molecular flexibility index (Phi) is 5.73. The van der Waals surface area contributed by atoms with Gasteiger partial charge in [-0.15, -0.1) is 0 Å². The maximum atomic E-state index is 13.5. The number of anilines is 1. The summed E-state index contributed by atoms with van der Waals surface area (Å²) in [4.78, 5) is 14.9. The summed E-state index contributed by atoms with van der Waals surface area (Å²) in [6.45, 7) is 12.5. The van der Waals surface area contributed by atoms with Gasteiger partial charge in [0.2, 0.25) is 0 Å². The molecular weight excluding hydrogens is 324 g/mol. The van der Waals surface area contributed by atoms with Gasteiger partial charge in [0, 0.05) is 18.5 Å². The first-order valence-electron chi connectivity index (χ1n) is 10.1. The number of rotatable bonds is 3. The SMILES string of the molecule is Cc1ccc(NC(=O)C2([NH+]3CCOCC3)CCC(C(C)(C)C)CC2)cc1. The number of hydrogen-bond acceptors (Lipinski definition) is 2. The largest absolute Gasteiger partial charge is 0.370 e. The van der Waals surface area contributed by atoms with Gasteiger partial charge < -0.3 is 15.0 Å². The summed E-state index contributed by atoms with van der Waals surface area (Å²) in [7, 11) is 0. The Labute approximate surface area is 158 Å². The van der Waals surface area contributed by atoms with Crippen LogP contribution in [0.5, 0.6) is 0 Å². The molecule has 0 radical (unpaired) electrons. The zero-order valence-corrected chi connectivity index (χ0v) is 16.9. The molecule has 0 unspecified atom stereocenters. The van der Waals surface area contributed by atoms with E-state index in [4.69, 9.17) is 4.74 Å². The summed E-state index contributed by atoms with van der Waals surface area (Å²) in [6.07, 6.45) is 4.22. The van der Waals surface area contributed by atoms with Gasteiger partial charge in [0.05, 0.1) is 13.2 Å². The van der Waals surface area contributed by atoms with Crippen molar-refractivity contribution in [1.82, 2.24) is 0 Å². The number of hydrogen-bond donors (Lipinski definition) is 2. The minimum absolute atomic E-state index is 0.200. The molecule has 3 rings (SSSR count). The molecule has 2 fully saturated rings. The van der Waals surface area contributed by atoms with Gasteiger partial charge in [-0.2, -0.15) is 0 Å². The number of carbonyl (C=O) groups is 1. The molecule has 1 aliphatic carbocycles. The molecule has 1 aliphatic heterocycles. The van der Waals surface area contributed by atoms with E-state index in [1.54, 1.807) is 0 Å². The Morgan fingerprint density at radius 1 is 1.12 bits per heavy atom. The normalized spacial score (nSPS) is 27.9. The number of quaternary nitrogens is 1. The van der Waals surface area contributed by atoms with E-state index in [0.717, 1.165) is 57.7 Å². The summed E-state index contributed by atoms with van der Waals surface area (Å²) in [5.41, 5.74) is 2.13. The zero-order chi connectivity index (χ0) is 18.8. The quantitative estimate of drug-likeness (QED) is 0.871. The van der Waals surface area contributed by atoms with Gasteiger partial charge in [-0.25, -0.2) is 0 Å². The van der Waals surface area contributed by atoms with Crippen molar-refractivity contribution in [1.29, 1.82) is 0 Å². The highest BCUT2D eigenvalue weighted by Crippen LogP contribution is 2.41. The second-order valence-corrected chi connectivity index (χ2v) is 9.26. The van der Waals surface area contributed by atoms with Crippen molar-refractivity contribution in [3.63, 3.8) is 0 Å². The highest BCUT2D eigenvalue weighted by Gasteiger charge is 2.51. The van der Waals surface area contributed by atoms with Crippen LogP contribution >= 0.6 is 0 Å². The minimum atomic E-state index is -0.309. The van der Waals surface area contributed by atoms with Gasteiger partial charge in [-0.1, -0.05) is 38.5 Å². The van der Waals surface area contributed by atoms with Gasteiger partial charge in [-0.05, 0) is 43.2 Å². The van der Waals surface area contributed by atoms with Gasteiger partial charge in [0.25, 0.3) is 5.91 Å². The van der Waals surface area contributed by atoms with Crippen LogP contribution in [0.3, 0.4) is 0 Å². The Morgan fingerprint density at radius 2 is 1.69 bits per heavy atom. The molecule has 4 heteroatoms. The maximum absolute atomic E-state index is 13.5. The van der Waals surface area contributed by atoms with Crippen LogP contribution in [-0.2, 0) is 9.53 Å². The molecule has 1 heterocycles. The first-order valence-corrected chi connectivity index (χ1v) is 10.1.